The third-order valence-electron chi connectivity index (χ3n) is 7.51. The summed E-state index contributed by atoms with van der Waals surface area (Å²) in [6.45, 7) is -2.81. The molecule has 2 aliphatic carbocycles. The number of pyridine rings is 2. The third kappa shape index (κ3) is 3.97. The molecule has 2 aliphatic rings. The number of nitrogens with zero attached hydrogens (tertiary/aromatic N) is 6. The third-order valence-corrected chi connectivity index (χ3v) is 7.51. The fraction of sp³-hybridized carbons (Fsp3) is 0.440. The molecular weight excluding hydrogens is 509 g/mol. The average Bonchev–Trinajstić information content (AvgIpc) is 3.58. The number of fused-ring (bicyclic) bond motifs is 2. The first-order valence-electron chi connectivity index (χ1n) is 14.3. The van der Waals surface area contributed by atoms with E-state index in [0.717, 1.165) is 0 Å². The van der Waals surface area contributed by atoms with Crippen LogP contribution in [0.15, 0.2) is 35.4 Å². The van der Waals surface area contributed by atoms with Crippen LogP contribution in [0.1, 0.15) is 43.6 Å². The Balaban J connectivity index is 1.38. The van der Waals surface area contributed by atoms with E-state index in [9.17, 15) is 18.8 Å². The molecule has 14 heteroatoms. The molecule has 2 saturated carbocycles. The van der Waals surface area contributed by atoms with Crippen LogP contribution >= 0.6 is 0 Å². The van der Waals surface area contributed by atoms with Crippen molar-refractivity contribution < 1.29 is 24.2 Å². The number of halogens is 1. The molecule has 0 unspecified atom stereocenters. The van der Waals surface area contributed by atoms with Gasteiger partial charge in [-0.15, -0.1) is 0 Å². The first-order chi connectivity index (χ1) is 20.2. The van der Waals surface area contributed by atoms with E-state index in [-0.39, 0.29) is 48.4 Å². The second-order valence-corrected chi connectivity index (χ2v) is 9.86. The van der Waals surface area contributed by atoms with Gasteiger partial charge in [-0.25, -0.2) is 28.6 Å². The highest BCUT2D eigenvalue weighted by molar-refractivity contribution is 5.87. The van der Waals surface area contributed by atoms with Gasteiger partial charge >= 0.3 is 11.8 Å². The molecule has 4 N–H and O–H groups in total. The number of amides is 2. The molecule has 2 amide bonds. The van der Waals surface area contributed by atoms with Crippen LogP contribution in [-0.2, 0) is 22.0 Å². The minimum Gasteiger partial charge on any atom is -0.453 e. The van der Waals surface area contributed by atoms with Gasteiger partial charge < -0.3 is 21.1 Å². The Hall–Kier alpha value is -4.49. The van der Waals surface area contributed by atoms with Crippen molar-refractivity contribution in [3.05, 3.63) is 41.1 Å². The molecule has 0 radical (unpaired) electrons. The Morgan fingerprint density at radius 2 is 2.08 bits per heavy atom. The molecule has 0 bridgehead atoms. The number of aryl methyl sites for hydroxylation is 1. The standard InChI is InChI=1S/C25H28FN9O4/c1-33-18-12-28-20(8-17(18)34(24(33)38)16-5-4-15(7-16)30-23(37)39-2)31-19-6-3-13-11-29-35(21(13)32-19)25(22(27)36)9-14(26)10-25/h3,6,8,11-12,14-16H,4-5,7,9-10H2,1-2H3,(H2,27,36)(H,30,37)(H,28,31,32)/t14?,15-,16+,25?/m0/s1/i1D3,15D. The molecule has 204 valence electrons. The van der Waals surface area contributed by atoms with E-state index in [2.05, 4.69) is 30.4 Å². The first-order valence-corrected chi connectivity index (χ1v) is 12.3. The fourth-order valence-electron chi connectivity index (χ4n) is 5.47. The topological polar surface area (TPSA) is 164 Å². The minimum absolute atomic E-state index is 0.0385. The summed E-state index contributed by atoms with van der Waals surface area (Å²) >= 11 is 0. The number of hydrogen-bond acceptors (Lipinski definition) is 8. The smallest absolute Gasteiger partial charge is 0.407 e. The molecule has 39 heavy (non-hydrogen) atoms. The van der Waals surface area contributed by atoms with Gasteiger partial charge in [0, 0.05) is 47.4 Å². The first kappa shape index (κ1) is 20.5. The molecular formula is C25H28FN9O4. The number of nitrogens with two attached hydrogens (primary N) is 1. The maximum atomic E-state index is 13.8. The number of rotatable bonds is 6. The predicted molar refractivity (Wildman–Crippen MR) is 139 cm³/mol. The van der Waals surface area contributed by atoms with Crippen molar-refractivity contribution in [1.82, 2.24) is 34.2 Å². The van der Waals surface area contributed by atoms with E-state index < -0.39 is 48.4 Å². The van der Waals surface area contributed by atoms with Crippen molar-refractivity contribution in [1.29, 1.82) is 0 Å². The maximum absolute atomic E-state index is 13.8. The number of nitrogens with one attached hydrogen (secondary N) is 2. The lowest BCUT2D eigenvalue weighted by molar-refractivity contribution is -0.135. The maximum Gasteiger partial charge on any atom is 0.407 e. The van der Waals surface area contributed by atoms with Gasteiger partial charge in [0.05, 0.1) is 31.9 Å². The van der Waals surface area contributed by atoms with E-state index >= 15 is 0 Å². The van der Waals surface area contributed by atoms with Crippen molar-refractivity contribution in [2.75, 3.05) is 12.4 Å². The number of hydrogen-bond donors (Lipinski definition) is 3. The molecule has 0 aliphatic heterocycles. The lowest BCUT2D eigenvalue weighted by atomic mass is 9.74. The number of carbonyl (C=O) groups is 2. The average molecular weight is 542 g/mol. The van der Waals surface area contributed by atoms with Crippen LogP contribution in [-0.4, -0.2) is 60.2 Å². The summed E-state index contributed by atoms with van der Waals surface area (Å²) in [5.41, 5.74) is 4.13. The van der Waals surface area contributed by atoms with E-state index in [0.29, 0.717) is 22.0 Å². The lowest BCUT2D eigenvalue weighted by Gasteiger charge is -2.41. The van der Waals surface area contributed by atoms with Crippen LogP contribution in [0.5, 0.6) is 0 Å². The van der Waals surface area contributed by atoms with E-state index in [1.165, 1.54) is 34.8 Å². The van der Waals surface area contributed by atoms with Gasteiger partial charge in [-0.2, -0.15) is 5.10 Å². The van der Waals surface area contributed by atoms with Crippen LogP contribution in [0, 0.1) is 0 Å². The number of alkyl carbamates (subject to hydrolysis) is 1. The molecule has 13 nitrogen and oxygen atoms in total. The minimum atomic E-state index is -2.81. The van der Waals surface area contributed by atoms with Crippen LogP contribution in [0.25, 0.3) is 22.1 Å². The molecule has 0 aromatic carbocycles. The second-order valence-electron chi connectivity index (χ2n) is 9.86. The highest BCUT2D eigenvalue weighted by atomic mass is 19.1. The molecule has 4 heterocycles. The molecule has 6 rings (SSSR count). The Kier molecular flexibility index (Phi) is 4.76. The van der Waals surface area contributed by atoms with Gasteiger partial charge in [0.2, 0.25) is 5.91 Å². The Morgan fingerprint density at radius 1 is 1.26 bits per heavy atom. The molecule has 2 atom stereocenters. The normalized spacial score (nSPS) is 28.3. The van der Waals surface area contributed by atoms with Crippen LogP contribution in [0.3, 0.4) is 0 Å². The van der Waals surface area contributed by atoms with Crippen LogP contribution < -0.4 is 22.1 Å². The van der Waals surface area contributed by atoms with Crippen molar-refractivity contribution >= 4 is 45.7 Å². The van der Waals surface area contributed by atoms with Gasteiger partial charge in [-0.05, 0) is 31.4 Å². The molecule has 2 fully saturated rings. The summed E-state index contributed by atoms with van der Waals surface area (Å²) in [6.07, 6.45) is 1.17. The number of carbonyl (C=O) groups excluding carboxylic acids is 2. The monoisotopic (exact) mass is 541 g/mol. The highest BCUT2D eigenvalue weighted by Crippen LogP contribution is 2.42. The number of aromatic nitrogens is 6. The highest BCUT2D eigenvalue weighted by Gasteiger charge is 2.53. The van der Waals surface area contributed by atoms with Gasteiger partial charge in [0.1, 0.15) is 23.3 Å². The number of imidazole rings is 1. The Morgan fingerprint density at radius 3 is 2.79 bits per heavy atom. The molecule has 4 aromatic heterocycles. The van der Waals surface area contributed by atoms with Gasteiger partial charge in [0.25, 0.3) is 0 Å². The zero-order chi connectivity index (χ0) is 30.9. The number of ether oxygens (including phenoxy) is 1. The number of methoxy groups -OCH3 is 1. The largest absolute Gasteiger partial charge is 0.453 e. The van der Waals surface area contributed by atoms with Crippen molar-refractivity contribution in [2.24, 2.45) is 12.7 Å². The van der Waals surface area contributed by atoms with E-state index in [1.54, 1.807) is 12.1 Å². The Labute approximate surface area is 226 Å². The summed E-state index contributed by atoms with van der Waals surface area (Å²) in [6, 6.07) is 2.84. The number of alkyl halides is 1. The fourth-order valence-corrected chi connectivity index (χ4v) is 5.47. The Bertz CT molecular complexity index is 1830. The van der Waals surface area contributed by atoms with Crippen molar-refractivity contribution in [2.45, 2.75) is 55.9 Å². The quantitative estimate of drug-likeness (QED) is 0.334. The molecule has 0 saturated heterocycles. The number of anilines is 2. The van der Waals surface area contributed by atoms with Crippen molar-refractivity contribution in [3.8, 4) is 0 Å². The molecule has 0 spiro atoms. The summed E-state index contributed by atoms with van der Waals surface area (Å²) < 4.78 is 54.3. The second kappa shape index (κ2) is 9.06. The van der Waals surface area contributed by atoms with Gasteiger partial charge in [-0.3, -0.25) is 13.9 Å². The SMILES string of the molecule is [2H]C([2H])([2H])n1c(=O)n([C@@H]2CC[C@]([2H])(NC(=O)OC)C2)c2cc(Nc3ccc4cnn(C5(C(N)=O)CC(F)C5)c4n3)ncc21. The van der Waals surface area contributed by atoms with E-state index in [1.807, 2.05) is 0 Å². The predicted octanol–water partition coefficient (Wildman–Crippen LogP) is 1.99. The summed E-state index contributed by atoms with van der Waals surface area (Å²) in [5.74, 6) is -0.197. The van der Waals surface area contributed by atoms with Gasteiger partial charge in [-0.1, -0.05) is 0 Å². The molecule has 4 aromatic rings. The van der Waals surface area contributed by atoms with Crippen molar-refractivity contribution in [3.63, 3.8) is 0 Å². The summed E-state index contributed by atoms with van der Waals surface area (Å²) in [5, 5.41) is 10.4. The van der Waals surface area contributed by atoms with E-state index in [4.69, 9.17) is 11.2 Å². The summed E-state index contributed by atoms with van der Waals surface area (Å²) in [7, 11) is 1.18. The number of primary amides is 1. The zero-order valence-electron chi connectivity index (χ0n) is 24.8. The lowest BCUT2D eigenvalue weighted by Crippen LogP contribution is -2.57. The van der Waals surface area contributed by atoms with Gasteiger partial charge in [0.15, 0.2) is 5.65 Å². The van der Waals surface area contributed by atoms with Crippen LogP contribution in [0.4, 0.5) is 20.8 Å². The van der Waals surface area contributed by atoms with Crippen LogP contribution in [0.2, 0.25) is 0 Å². The zero-order valence-corrected chi connectivity index (χ0v) is 20.8. The summed E-state index contributed by atoms with van der Waals surface area (Å²) in [4.78, 5) is 46.4.